The van der Waals surface area contributed by atoms with Gasteiger partial charge in [0.05, 0.1) is 45.9 Å². The third kappa shape index (κ3) is 12.4. The third-order valence-electron chi connectivity index (χ3n) is 15.9. The van der Waals surface area contributed by atoms with Gasteiger partial charge in [0, 0.05) is 74.4 Å². The number of aliphatic hydroxyl groups is 2. The quantitative estimate of drug-likeness (QED) is 0.0760. The van der Waals surface area contributed by atoms with Crippen LogP contribution < -0.4 is 16.0 Å². The lowest BCUT2D eigenvalue weighted by Crippen LogP contribution is -2.60. The number of piperidine rings is 1. The number of hydrogen-bond donors (Lipinski definition) is 5. The Morgan fingerprint density at radius 1 is 0.899 bits per heavy atom. The maximum absolute atomic E-state index is 14.4. The molecule has 19 nitrogen and oxygen atoms in total. The van der Waals surface area contributed by atoms with Gasteiger partial charge in [0.25, 0.3) is 5.91 Å². The summed E-state index contributed by atoms with van der Waals surface area (Å²) < 4.78 is 41.5. The molecule has 3 aliphatic heterocycles. The number of urea groups is 1. The van der Waals surface area contributed by atoms with Crippen molar-refractivity contribution in [2.24, 2.45) is 16.7 Å². The minimum atomic E-state index is -4.75. The highest BCUT2D eigenvalue weighted by Crippen LogP contribution is 2.53. The van der Waals surface area contributed by atoms with Crippen LogP contribution in [-0.2, 0) is 37.5 Å². The average Bonchev–Trinajstić information content (AvgIpc) is 4.24. The number of alkyl halides is 3. The first kappa shape index (κ1) is 56.7. The lowest BCUT2D eigenvalue weighted by atomic mass is 9.57. The molecule has 79 heavy (non-hydrogen) atoms. The zero-order valence-corrected chi connectivity index (χ0v) is 46.2. The Kier molecular flexibility index (Phi) is 15.7. The minimum Gasteiger partial charge on any atom is -0.391 e. The first-order valence-electron chi connectivity index (χ1n) is 26.7. The second-order valence-electron chi connectivity index (χ2n) is 23.3. The number of β-amino-alcohol motifs (C(OH)–C–C–N with tert-alkyl or cyclic N) is 1. The van der Waals surface area contributed by atoms with Crippen LogP contribution in [0, 0.1) is 23.7 Å². The van der Waals surface area contributed by atoms with E-state index in [0.29, 0.717) is 62.8 Å². The highest BCUT2D eigenvalue weighted by molar-refractivity contribution is 7.13. The number of thiazole rings is 1. The fourth-order valence-corrected chi connectivity index (χ4v) is 12.1. The summed E-state index contributed by atoms with van der Waals surface area (Å²) in [7, 11) is 0. The maximum Gasteiger partial charge on any atom is 0.433 e. The molecule has 7 amide bonds. The van der Waals surface area contributed by atoms with Crippen LogP contribution in [0.15, 0.2) is 66.3 Å². The van der Waals surface area contributed by atoms with E-state index in [1.807, 2.05) is 58.9 Å². The van der Waals surface area contributed by atoms with E-state index in [-0.39, 0.29) is 85.0 Å². The predicted molar refractivity (Wildman–Crippen MR) is 288 cm³/mol. The first-order chi connectivity index (χ1) is 37.2. The first-order valence-corrected chi connectivity index (χ1v) is 27.6. The Bertz CT molecular complexity index is 3130. The number of rotatable bonds is 15. The van der Waals surface area contributed by atoms with E-state index in [0.717, 1.165) is 39.9 Å². The Balaban J connectivity index is 0.732. The van der Waals surface area contributed by atoms with Crippen molar-refractivity contribution in [1.29, 1.82) is 0 Å². The number of halogens is 3. The number of amides is 7. The summed E-state index contributed by atoms with van der Waals surface area (Å²) in [5.41, 5.74) is 1.58. The molecular formula is C56H68F3N11O8S. The number of benzene rings is 2. The monoisotopic (exact) mass is 1110 g/mol. The molecule has 422 valence electrons. The van der Waals surface area contributed by atoms with Crippen molar-refractivity contribution in [2.45, 2.75) is 123 Å². The molecule has 1 aliphatic carbocycles. The summed E-state index contributed by atoms with van der Waals surface area (Å²) in [6.45, 7) is 14.6. The summed E-state index contributed by atoms with van der Waals surface area (Å²) in [5, 5.41) is 35.6. The van der Waals surface area contributed by atoms with E-state index in [1.165, 1.54) is 23.6 Å². The van der Waals surface area contributed by atoms with Crippen LogP contribution in [0.1, 0.15) is 113 Å². The molecule has 4 fully saturated rings. The largest absolute Gasteiger partial charge is 0.433 e. The van der Waals surface area contributed by atoms with Crippen LogP contribution in [0.25, 0.3) is 21.3 Å². The Hall–Kier alpha value is -6.98. The van der Waals surface area contributed by atoms with Gasteiger partial charge in [-0.05, 0) is 99.6 Å². The van der Waals surface area contributed by atoms with Crippen LogP contribution in [0.5, 0.6) is 0 Å². The number of pyridine rings is 1. The number of anilines is 1. The molecule has 5 N–H and O–H groups in total. The summed E-state index contributed by atoms with van der Waals surface area (Å²) >= 11 is 1.56. The number of likely N-dealkylation sites (tertiary alicyclic amines) is 2. The van der Waals surface area contributed by atoms with E-state index in [1.54, 1.807) is 49.7 Å². The second-order valence-corrected chi connectivity index (χ2v) is 24.1. The second kappa shape index (κ2) is 21.9. The van der Waals surface area contributed by atoms with Gasteiger partial charge in [0.1, 0.15) is 30.0 Å². The van der Waals surface area contributed by atoms with Crippen molar-refractivity contribution in [3.8, 4) is 10.4 Å². The van der Waals surface area contributed by atoms with Gasteiger partial charge >= 0.3 is 12.2 Å². The number of nitrogens with one attached hydrogen (secondary N) is 3. The SMILES string of the molecule is Cc1ncsc1-c1ccc([C@H](C)NC(=O)[C@@H]2C[C@@H](O)CN2C(=O)[C@@H](NC(=O)C2CC3(CCN(C(=O)CN4CCN(CCn5cc6cc(NC(=O)c7cccc(C(F)(F)F)n7)c(C(C)(C)O)cc6n5)C4=O)CC3)C2)C(C)(C)C)cc1. The molecule has 0 bridgehead atoms. The van der Waals surface area contributed by atoms with Crippen molar-refractivity contribution >= 4 is 63.5 Å². The molecule has 4 aliphatic rings. The van der Waals surface area contributed by atoms with Gasteiger partial charge in [0.2, 0.25) is 23.6 Å². The van der Waals surface area contributed by atoms with E-state index >= 15 is 0 Å². The van der Waals surface area contributed by atoms with Crippen molar-refractivity contribution < 1.29 is 52.2 Å². The van der Waals surface area contributed by atoms with Gasteiger partial charge in [-0.3, -0.25) is 28.7 Å². The fraction of sp³-hybridized carbons (Fsp3) is 0.518. The number of nitrogens with zero attached hydrogens (tertiary/aromatic N) is 8. The van der Waals surface area contributed by atoms with Crippen LogP contribution in [0.3, 0.4) is 0 Å². The molecule has 1 spiro atoms. The molecule has 3 aromatic heterocycles. The smallest absolute Gasteiger partial charge is 0.391 e. The van der Waals surface area contributed by atoms with Gasteiger partial charge in [-0.25, -0.2) is 14.8 Å². The van der Waals surface area contributed by atoms with Crippen LogP contribution in [0.4, 0.5) is 23.7 Å². The number of carbonyl (C=O) groups is 6. The molecule has 9 rings (SSSR count). The van der Waals surface area contributed by atoms with Crippen LogP contribution >= 0.6 is 11.3 Å². The summed E-state index contributed by atoms with van der Waals surface area (Å²) in [4.78, 5) is 97.5. The zero-order chi connectivity index (χ0) is 56.9. The molecule has 4 atom stereocenters. The fourth-order valence-electron chi connectivity index (χ4n) is 11.3. The van der Waals surface area contributed by atoms with Gasteiger partial charge in [0.15, 0.2) is 0 Å². The Morgan fingerprint density at radius 3 is 2.24 bits per heavy atom. The van der Waals surface area contributed by atoms with Crippen molar-refractivity contribution in [3.63, 3.8) is 0 Å². The molecule has 23 heteroatoms. The van der Waals surface area contributed by atoms with Gasteiger partial charge in [-0.1, -0.05) is 51.1 Å². The molecule has 0 unspecified atom stereocenters. The topological polar surface area (TPSA) is 236 Å². The number of fused-ring (bicyclic) bond motifs is 1. The summed E-state index contributed by atoms with van der Waals surface area (Å²) in [6.07, 6.45) is -1.29. The van der Waals surface area contributed by atoms with E-state index < -0.39 is 58.6 Å². The Labute approximate surface area is 459 Å². The third-order valence-corrected chi connectivity index (χ3v) is 16.9. The molecule has 6 heterocycles. The summed E-state index contributed by atoms with van der Waals surface area (Å²) in [6, 6.07) is 11.5. The van der Waals surface area contributed by atoms with E-state index in [2.05, 4.69) is 31.0 Å². The van der Waals surface area contributed by atoms with Crippen molar-refractivity contribution in [3.05, 3.63) is 94.5 Å². The maximum atomic E-state index is 14.4. The average molecular weight is 1110 g/mol. The number of hydrogen-bond acceptors (Lipinski definition) is 12. The Morgan fingerprint density at radius 2 is 1.59 bits per heavy atom. The normalized spacial score (nSPS) is 19.7. The molecular weight excluding hydrogens is 1040 g/mol. The lowest BCUT2D eigenvalue weighted by Gasteiger charge is -2.52. The molecule has 0 radical (unpaired) electrons. The minimum absolute atomic E-state index is 0.0338. The summed E-state index contributed by atoms with van der Waals surface area (Å²) in [5.74, 6) is -2.44. The molecule has 1 saturated carbocycles. The molecule has 3 saturated heterocycles. The number of aromatic nitrogens is 4. The molecule has 2 aromatic carbocycles. The molecule has 5 aromatic rings. The zero-order valence-electron chi connectivity index (χ0n) is 45.4. The number of carbonyl (C=O) groups excluding carboxylic acids is 6. The predicted octanol–water partition coefficient (Wildman–Crippen LogP) is 6.49. The van der Waals surface area contributed by atoms with Crippen LogP contribution in [0.2, 0.25) is 0 Å². The highest BCUT2D eigenvalue weighted by Gasteiger charge is 2.51. The van der Waals surface area contributed by atoms with Gasteiger partial charge < -0.3 is 45.8 Å². The standard InChI is InChI=1S/C56H68F3N11O8S/c1-32(34-11-13-35(14-12-34)46-33(2)60-31-79-46)61-50(75)43-24-38(71)29-70(43)51(76)47(53(3,4)5)64-48(73)37-26-55(27-37)15-17-66(18-16-55)45(72)30-68-20-19-67(52(68)77)21-22-69-28-36-23-42(39(54(6,7)78)25-41(36)65-69)63-49(74)40-9-8-10-44(62-40)56(57,58)59/h8-14,23,25,28,31-32,37-38,43,47,71,78H,15-22,24,26-27,29-30H2,1-7H3,(H,61,75)(H,63,74)(H,64,73)/t32-,38+,43-,47+/m0/s1. The van der Waals surface area contributed by atoms with Gasteiger partial charge in [-0.2, -0.15) is 18.3 Å². The number of aryl methyl sites for hydroxylation is 1. The lowest BCUT2D eigenvalue weighted by molar-refractivity contribution is -0.147. The van der Waals surface area contributed by atoms with Crippen molar-refractivity contribution in [1.82, 2.24) is 50.0 Å². The van der Waals surface area contributed by atoms with E-state index in [4.69, 9.17) is 0 Å². The van der Waals surface area contributed by atoms with E-state index in [9.17, 15) is 52.2 Å². The van der Waals surface area contributed by atoms with Crippen LogP contribution in [-0.4, -0.2) is 149 Å². The highest BCUT2D eigenvalue weighted by atomic mass is 32.1. The van der Waals surface area contributed by atoms with Crippen molar-refractivity contribution in [2.75, 3.05) is 51.1 Å². The van der Waals surface area contributed by atoms with Gasteiger partial charge in [-0.15, -0.1) is 11.3 Å². The number of aliphatic hydroxyl groups excluding tert-OH is 1.